The van der Waals surface area contributed by atoms with Crippen molar-refractivity contribution in [3.05, 3.63) is 24.3 Å². The maximum absolute atomic E-state index is 11.5. The number of hydrogen-bond acceptors (Lipinski definition) is 3. The molecule has 0 aliphatic rings. The van der Waals surface area contributed by atoms with E-state index in [0.29, 0.717) is 12.3 Å². The van der Waals surface area contributed by atoms with Gasteiger partial charge in [-0.05, 0) is 6.92 Å². The van der Waals surface area contributed by atoms with Crippen LogP contribution in [-0.2, 0) is 9.53 Å². The number of hydrogen-bond donors (Lipinski definition) is 2. The quantitative estimate of drug-likeness (QED) is 0.555. The van der Waals surface area contributed by atoms with E-state index < -0.39 is 5.41 Å². The number of carbonyl (C=O) groups is 1. The zero-order valence-electron chi connectivity index (χ0n) is 9.76. The SMILES string of the molecule is C=C(/C=C(\O)OCC)NC(=O)C(C)(C)C. The molecule has 0 radical (unpaired) electrons. The highest BCUT2D eigenvalue weighted by Crippen LogP contribution is 2.13. The minimum absolute atomic E-state index is 0.159. The fourth-order valence-electron chi connectivity index (χ4n) is 0.708. The van der Waals surface area contributed by atoms with Crippen molar-refractivity contribution in [2.45, 2.75) is 27.7 Å². The molecule has 0 spiro atoms. The average molecular weight is 213 g/mol. The Morgan fingerprint density at radius 2 is 2.07 bits per heavy atom. The second-order valence-corrected chi connectivity index (χ2v) is 4.14. The van der Waals surface area contributed by atoms with E-state index in [1.807, 2.05) is 0 Å². The van der Waals surface area contributed by atoms with Crippen LogP contribution in [0.1, 0.15) is 27.7 Å². The van der Waals surface area contributed by atoms with Crippen LogP contribution < -0.4 is 5.32 Å². The summed E-state index contributed by atoms with van der Waals surface area (Å²) in [6.07, 6.45) is 1.27. The Morgan fingerprint density at radius 1 is 1.53 bits per heavy atom. The summed E-state index contributed by atoms with van der Waals surface area (Å²) >= 11 is 0. The molecule has 2 N–H and O–H groups in total. The van der Waals surface area contributed by atoms with E-state index in [9.17, 15) is 4.79 Å². The first-order valence-electron chi connectivity index (χ1n) is 4.81. The van der Waals surface area contributed by atoms with Gasteiger partial charge in [0, 0.05) is 17.2 Å². The third-order valence-corrected chi connectivity index (χ3v) is 1.55. The summed E-state index contributed by atoms with van der Waals surface area (Å²) in [7, 11) is 0. The molecule has 0 aromatic carbocycles. The first-order valence-corrected chi connectivity index (χ1v) is 4.81. The smallest absolute Gasteiger partial charge is 0.278 e. The molecule has 1 amide bonds. The molecule has 0 bridgehead atoms. The molecule has 0 saturated heterocycles. The second-order valence-electron chi connectivity index (χ2n) is 4.14. The normalized spacial score (nSPS) is 12.1. The van der Waals surface area contributed by atoms with Crippen molar-refractivity contribution in [3.8, 4) is 0 Å². The van der Waals surface area contributed by atoms with Crippen molar-refractivity contribution < 1.29 is 14.6 Å². The summed E-state index contributed by atoms with van der Waals surface area (Å²) in [6, 6.07) is 0. The number of allylic oxidation sites excluding steroid dienone is 1. The summed E-state index contributed by atoms with van der Waals surface area (Å²) in [5, 5.41) is 11.7. The Kier molecular flexibility index (Phi) is 4.91. The third kappa shape index (κ3) is 5.78. The van der Waals surface area contributed by atoms with Crippen LogP contribution in [0.15, 0.2) is 24.3 Å². The molecule has 0 aromatic rings. The summed E-state index contributed by atoms with van der Waals surface area (Å²) in [4.78, 5) is 11.5. The lowest BCUT2D eigenvalue weighted by Gasteiger charge is -2.17. The number of rotatable bonds is 4. The van der Waals surface area contributed by atoms with E-state index in [2.05, 4.69) is 11.9 Å². The van der Waals surface area contributed by atoms with E-state index in [-0.39, 0.29) is 11.9 Å². The second kappa shape index (κ2) is 5.44. The molecule has 0 saturated carbocycles. The van der Waals surface area contributed by atoms with Crippen molar-refractivity contribution in [1.82, 2.24) is 5.32 Å². The minimum atomic E-state index is -0.488. The number of ether oxygens (including phenoxy) is 1. The van der Waals surface area contributed by atoms with Gasteiger partial charge in [-0.3, -0.25) is 4.79 Å². The summed E-state index contributed by atoms with van der Waals surface area (Å²) in [5.74, 6) is -0.412. The number of amides is 1. The predicted molar refractivity (Wildman–Crippen MR) is 59.1 cm³/mol. The van der Waals surface area contributed by atoms with Crippen LogP contribution in [-0.4, -0.2) is 17.6 Å². The molecular formula is C11H19NO3. The van der Waals surface area contributed by atoms with Gasteiger partial charge >= 0.3 is 0 Å². The number of carbonyl (C=O) groups excluding carboxylic acids is 1. The Bertz CT molecular complexity index is 274. The van der Waals surface area contributed by atoms with Crippen molar-refractivity contribution in [3.63, 3.8) is 0 Å². The topological polar surface area (TPSA) is 58.6 Å². The molecule has 0 atom stereocenters. The molecule has 0 heterocycles. The van der Waals surface area contributed by atoms with Crippen LogP contribution in [0.3, 0.4) is 0 Å². The molecule has 15 heavy (non-hydrogen) atoms. The Labute approximate surface area is 90.6 Å². The molecule has 0 aromatic heterocycles. The van der Waals surface area contributed by atoms with Gasteiger partial charge in [0.25, 0.3) is 5.95 Å². The Morgan fingerprint density at radius 3 is 2.47 bits per heavy atom. The standard InChI is InChI=1S/C11H19NO3/c1-6-15-9(13)7-8(2)12-10(14)11(3,4)5/h7,13H,2,6H2,1,3-5H3,(H,12,14)/b9-7+. The largest absolute Gasteiger partial charge is 0.481 e. The van der Waals surface area contributed by atoms with Gasteiger partial charge in [0.15, 0.2) is 0 Å². The third-order valence-electron chi connectivity index (χ3n) is 1.55. The van der Waals surface area contributed by atoms with Gasteiger partial charge in [-0.25, -0.2) is 0 Å². The van der Waals surface area contributed by atoms with Gasteiger partial charge in [0.05, 0.1) is 6.61 Å². The number of aliphatic hydroxyl groups excluding tert-OH is 1. The van der Waals surface area contributed by atoms with E-state index in [1.165, 1.54) is 6.08 Å². The fourth-order valence-corrected chi connectivity index (χ4v) is 0.708. The van der Waals surface area contributed by atoms with Crippen molar-refractivity contribution in [1.29, 1.82) is 0 Å². The highest BCUT2D eigenvalue weighted by Gasteiger charge is 2.21. The minimum Gasteiger partial charge on any atom is -0.481 e. The van der Waals surface area contributed by atoms with Crippen LogP contribution in [0.4, 0.5) is 0 Å². The molecule has 0 unspecified atom stereocenters. The Hall–Kier alpha value is -1.45. The van der Waals surface area contributed by atoms with E-state index in [0.717, 1.165) is 0 Å². The van der Waals surface area contributed by atoms with Gasteiger partial charge in [-0.15, -0.1) is 0 Å². The maximum atomic E-state index is 11.5. The van der Waals surface area contributed by atoms with Gasteiger partial charge in [-0.1, -0.05) is 27.4 Å². The molecule has 0 rings (SSSR count). The summed E-state index contributed by atoms with van der Waals surface area (Å²) in [6.45, 7) is 11.1. The zero-order valence-corrected chi connectivity index (χ0v) is 9.76. The highest BCUT2D eigenvalue weighted by atomic mass is 16.6. The highest BCUT2D eigenvalue weighted by molar-refractivity contribution is 5.83. The van der Waals surface area contributed by atoms with Crippen molar-refractivity contribution in [2.75, 3.05) is 6.61 Å². The lowest BCUT2D eigenvalue weighted by Crippen LogP contribution is -2.33. The molecular weight excluding hydrogens is 194 g/mol. The van der Waals surface area contributed by atoms with Crippen LogP contribution in [0.25, 0.3) is 0 Å². The van der Waals surface area contributed by atoms with Crippen LogP contribution in [0.5, 0.6) is 0 Å². The lowest BCUT2D eigenvalue weighted by molar-refractivity contribution is -0.127. The van der Waals surface area contributed by atoms with Crippen LogP contribution in [0.2, 0.25) is 0 Å². The van der Waals surface area contributed by atoms with E-state index in [4.69, 9.17) is 9.84 Å². The van der Waals surface area contributed by atoms with Crippen LogP contribution in [0, 0.1) is 5.41 Å². The number of nitrogens with one attached hydrogen (secondary N) is 1. The zero-order chi connectivity index (χ0) is 12.1. The maximum Gasteiger partial charge on any atom is 0.278 e. The van der Waals surface area contributed by atoms with Gasteiger partial charge in [0.1, 0.15) is 0 Å². The summed E-state index contributed by atoms with van der Waals surface area (Å²) in [5.41, 5.74) is -0.182. The Balaban J connectivity index is 4.28. The average Bonchev–Trinajstić information content (AvgIpc) is 2.01. The molecule has 4 heteroatoms. The van der Waals surface area contributed by atoms with Gasteiger partial charge < -0.3 is 15.2 Å². The molecule has 0 fully saturated rings. The molecule has 0 aliphatic heterocycles. The summed E-state index contributed by atoms with van der Waals surface area (Å²) < 4.78 is 4.78. The molecule has 0 aliphatic carbocycles. The van der Waals surface area contributed by atoms with Gasteiger partial charge in [-0.2, -0.15) is 0 Å². The molecule has 4 nitrogen and oxygen atoms in total. The van der Waals surface area contributed by atoms with Crippen LogP contribution >= 0.6 is 0 Å². The van der Waals surface area contributed by atoms with Crippen molar-refractivity contribution >= 4 is 5.91 Å². The fraction of sp³-hybridized carbons (Fsp3) is 0.545. The van der Waals surface area contributed by atoms with E-state index >= 15 is 0 Å². The molecule has 86 valence electrons. The number of aliphatic hydroxyl groups is 1. The van der Waals surface area contributed by atoms with Crippen molar-refractivity contribution in [2.24, 2.45) is 5.41 Å². The lowest BCUT2D eigenvalue weighted by atomic mass is 9.95. The first-order chi connectivity index (χ1) is 6.77. The van der Waals surface area contributed by atoms with Gasteiger partial charge in [0.2, 0.25) is 5.91 Å². The predicted octanol–water partition coefficient (Wildman–Crippen LogP) is 2.10. The first kappa shape index (κ1) is 13.5. The monoisotopic (exact) mass is 213 g/mol. The van der Waals surface area contributed by atoms with E-state index in [1.54, 1.807) is 27.7 Å².